The van der Waals surface area contributed by atoms with Crippen LogP contribution >= 0.6 is 0 Å². The van der Waals surface area contributed by atoms with Crippen molar-refractivity contribution in [3.8, 4) is 5.75 Å². The zero-order valence-corrected chi connectivity index (χ0v) is 20.3. The number of ether oxygens (including phenoxy) is 1. The van der Waals surface area contributed by atoms with E-state index in [1.807, 2.05) is 24.3 Å². The van der Waals surface area contributed by atoms with E-state index in [-0.39, 0.29) is 23.5 Å². The van der Waals surface area contributed by atoms with Crippen molar-refractivity contribution in [2.45, 2.75) is 31.1 Å². The summed E-state index contributed by atoms with van der Waals surface area (Å²) in [4.78, 5) is 12.5. The Morgan fingerprint density at radius 2 is 1.56 bits per heavy atom. The molecule has 0 saturated carbocycles. The van der Waals surface area contributed by atoms with E-state index in [2.05, 4.69) is 26.1 Å². The number of carbonyl (C=O) groups is 1. The number of anilines is 1. The Morgan fingerprint density at radius 1 is 0.941 bits per heavy atom. The van der Waals surface area contributed by atoms with Crippen LogP contribution in [0.5, 0.6) is 5.75 Å². The fourth-order valence-corrected chi connectivity index (χ4v) is 4.66. The Morgan fingerprint density at radius 3 is 2.15 bits per heavy atom. The highest BCUT2D eigenvalue weighted by Gasteiger charge is 2.27. The lowest BCUT2D eigenvalue weighted by atomic mass is 9.87. The van der Waals surface area contributed by atoms with Crippen LogP contribution in [-0.2, 0) is 20.2 Å². The molecule has 0 aliphatic carbocycles. The number of hydrogen-bond donors (Lipinski definition) is 1. The van der Waals surface area contributed by atoms with Crippen LogP contribution in [0.1, 0.15) is 26.3 Å². The Bertz CT molecular complexity index is 1190. The molecule has 1 amide bonds. The zero-order chi connectivity index (χ0) is 24.8. The third-order valence-electron chi connectivity index (χ3n) is 5.15. The van der Waals surface area contributed by atoms with Gasteiger partial charge in [0.2, 0.25) is 5.91 Å². The number of halogens is 1. The highest BCUT2D eigenvalue weighted by atomic mass is 32.2. The molecule has 0 heterocycles. The maximum absolute atomic E-state index is 13.3. The van der Waals surface area contributed by atoms with Crippen molar-refractivity contribution in [1.82, 2.24) is 5.32 Å². The van der Waals surface area contributed by atoms with Crippen LogP contribution in [0, 0.1) is 5.82 Å². The van der Waals surface area contributed by atoms with Crippen LogP contribution in [-0.4, -0.2) is 34.0 Å². The maximum Gasteiger partial charge on any atom is 0.264 e. The molecule has 0 saturated heterocycles. The van der Waals surface area contributed by atoms with Gasteiger partial charge in [-0.05, 0) is 59.5 Å². The van der Waals surface area contributed by atoms with Crippen molar-refractivity contribution in [1.29, 1.82) is 0 Å². The van der Waals surface area contributed by atoms with Crippen LogP contribution in [0.3, 0.4) is 0 Å². The lowest BCUT2D eigenvalue weighted by Gasteiger charge is -2.24. The lowest BCUT2D eigenvalue weighted by molar-refractivity contribution is -0.119. The average Bonchev–Trinajstić information content (AvgIpc) is 2.81. The molecule has 0 aromatic heterocycles. The first-order valence-electron chi connectivity index (χ1n) is 10.9. The third kappa shape index (κ3) is 6.57. The summed E-state index contributed by atoms with van der Waals surface area (Å²) in [6.45, 7) is 6.41. The molecule has 6 nitrogen and oxygen atoms in total. The molecule has 0 aliphatic rings. The number of carbonyl (C=O) groups excluding carboxylic acids is 1. The van der Waals surface area contributed by atoms with E-state index in [0.29, 0.717) is 11.4 Å². The predicted molar refractivity (Wildman–Crippen MR) is 131 cm³/mol. The highest BCUT2D eigenvalue weighted by molar-refractivity contribution is 7.92. The summed E-state index contributed by atoms with van der Waals surface area (Å²) in [5.74, 6) is -0.343. The van der Waals surface area contributed by atoms with Gasteiger partial charge in [0.25, 0.3) is 10.0 Å². The molecular weight excluding hydrogens is 455 g/mol. The molecule has 34 heavy (non-hydrogen) atoms. The molecule has 3 aromatic carbocycles. The van der Waals surface area contributed by atoms with Gasteiger partial charge in [-0.2, -0.15) is 0 Å². The summed E-state index contributed by atoms with van der Waals surface area (Å²) in [6.07, 6.45) is 0. The van der Waals surface area contributed by atoms with E-state index in [9.17, 15) is 17.6 Å². The first-order valence-corrected chi connectivity index (χ1v) is 12.3. The normalized spacial score (nSPS) is 11.6. The second-order valence-corrected chi connectivity index (χ2v) is 10.6. The summed E-state index contributed by atoms with van der Waals surface area (Å²) in [5.41, 5.74) is 1.57. The van der Waals surface area contributed by atoms with Crippen molar-refractivity contribution in [3.05, 3.63) is 90.2 Å². The van der Waals surface area contributed by atoms with Gasteiger partial charge in [0.05, 0.1) is 17.1 Å². The highest BCUT2D eigenvalue weighted by Crippen LogP contribution is 2.25. The van der Waals surface area contributed by atoms with Crippen LogP contribution in [0.2, 0.25) is 0 Å². The van der Waals surface area contributed by atoms with Crippen molar-refractivity contribution < 1.29 is 22.3 Å². The molecular formula is C26H29FN2O4S. The van der Waals surface area contributed by atoms with Gasteiger partial charge in [0, 0.05) is 0 Å². The monoisotopic (exact) mass is 484 g/mol. The van der Waals surface area contributed by atoms with Crippen LogP contribution in [0.25, 0.3) is 0 Å². The second kappa shape index (κ2) is 10.7. The minimum atomic E-state index is -4.08. The number of rotatable bonds is 9. The minimum Gasteiger partial charge on any atom is -0.492 e. The van der Waals surface area contributed by atoms with Gasteiger partial charge < -0.3 is 10.1 Å². The minimum absolute atomic E-state index is 0.0470. The molecule has 3 aromatic rings. The molecule has 0 bridgehead atoms. The Hall–Kier alpha value is -3.39. The van der Waals surface area contributed by atoms with Gasteiger partial charge in [-0.1, -0.05) is 51.1 Å². The quantitative estimate of drug-likeness (QED) is 0.454. The largest absolute Gasteiger partial charge is 0.492 e. The first kappa shape index (κ1) is 25.2. The average molecular weight is 485 g/mol. The molecule has 0 radical (unpaired) electrons. The van der Waals surface area contributed by atoms with Crippen molar-refractivity contribution in [2.75, 3.05) is 24.0 Å². The van der Waals surface area contributed by atoms with Crippen molar-refractivity contribution in [2.24, 2.45) is 0 Å². The summed E-state index contributed by atoms with van der Waals surface area (Å²) >= 11 is 0. The molecule has 180 valence electrons. The van der Waals surface area contributed by atoms with Gasteiger partial charge in [-0.25, -0.2) is 12.8 Å². The Balaban J connectivity index is 1.62. The SMILES string of the molecule is CC(C)(C)c1ccc(OCCNC(=O)CN(c2ccccc2)S(=O)(=O)c2ccc(F)cc2)cc1. The molecule has 1 N–H and O–H groups in total. The van der Waals surface area contributed by atoms with Crippen LogP contribution < -0.4 is 14.4 Å². The van der Waals surface area contributed by atoms with Gasteiger partial charge >= 0.3 is 0 Å². The van der Waals surface area contributed by atoms with Gasteiger partial charge in [0.1, 0.15) is 24.7 Å². The number of nitrogens with zero attached hydrogens (tertiary/aromatic N) is 1. The number of amides is 1. The standard InChI is InChI=1S/C26H29FN2O4S/c1-26(2,3)20-9-13-23(14-10-20)33-18-17-28-25(30)19-29(22-7-5-4-6-8-22)34(31,32)24-15-11-21(27)12-16-24/h4-16H,17-19H2,1-3H3,(H,28,30). The fraction of sp³-hybridized carbons (Fsp3) is 0.269. The van der Waals surface area contributed by atoms with Crippen molar-refractivity contribution >= 4 is 21.6 Å². The van der Waals surface area contributed by atoms with Gasteiger partial charge in [0.15, 0.2) is 0 Å². The Labute approximate surface area is 200 Å². The Kier molecular flexibility index (Phi) is 7.94. The van der Waals surface area contributed by atoms with Gasteiger partial charge in [-0.3, -0.25) is 9.10 Å². The van der Waals surface area contributed by atoms with Crippen LogP contribution in [0.15, 0.2) is 83.8 Å². The topological polar surface area (TPSA) is 75.7 Å². The lowest BCUT2D eigenvalue weighted by Crippen LogP contribution is -2.41. The second-order valence-electron chi connectivity index (χ2n) is 8.77. The number of benzene rings is 3. The third-order valence-corrected chi connectivity index (χ3v) is 6.93. The number of hydrogen-bond acceptors (Lipinski definition) is 4. The molecule has 0 aliphatic heterocycles. The molecule has 0 atom stereocenters. The van der Waals surface area contributed by atoms with E-state index >= 15 is 0 Å². The predicted octanol–water partition coefficient (Wildman–Crippen LogP) is 4.51. The van der Waals surface area contributed by atoms with Gasteiger partial charge in [-0.15, -0.1) is 0 Å². The van der Waals surface area contributed by atoms with E-state index in [0.717, 1.165) is 16.4 Å². The van der Waals surface area contributed by atoms with E-state index < -0.39 is 28.3 Å². The first-order chi connectivity index (χ1) is 16.1. The van der Waals surface area contributed by atoms with Crippen molar-refractivity contribution in [3.63, 3.8) is 0 Å². The van der Waals surface area contributed by atoms with E-state index in [1.54, 1.807) is 30.3 Å². The maximum atomic E-state index is 13.3. The zero-order valence-electron chi connectivity index (χ0n) is 19.5. The molecule has 3 rings (SSSR count). The summed E-state index contributed by atoms with van der Waals surface area (Å²) < 4.78 is 46.4. The molecule has 0 unspecified atom stereocenters. The molecule has 0 fully saturated rings. The molecule has 8 heteroatoms. The smallest absolute Gasteiger partial charge is 0.264 e. The number of sulfonamides is 1. The fourth-order valence-electron chi connectivity index (χ4n) is 3.24. The summed E-state index contributed by atoms with van der Waals surface area (Å²) in [7, 11) is -4.08. The summed E-state index contributed by atoms with van der Waals surface area (Å²) in [5, 5.41) is 2.69. The van der Waals surface area contributed by atoms with E-state index in [4.69, 9.17) is 4.74 Å². The summed E-state index contributed by atoms with van der Waals surface area (Å²) in [6, 6.07) is 20.6. The molecule has 0 spiro atoms. The number of nitrogens with one attached hydrogen (secondary N) is 1. The van der Waals surface area contributed by atoms with E-state index in [1.165, 1.54) is 17.7 Å². The number of para-hydroxylation sites is 1. The van der Waals surface area contributed by atoms with Crippen LogP contribution in [0.4, 0.5) is 10.1 Å².